The first kappa shape index (κ1) is 17.7. The van der Waals surface area contributed by atoms with Crippen LogP contribution in [0.4, 0.5) is 0 Å². The molecule has 1 aliphatic heterocycles. The molecule has 5 heteroatoms. The van der Waals surface area contributed by atoms with Crippen LogP contribution in [0.25, 0.3) is 0 Å². The topological polar surface area (TPSA) is 43.1 Å². The summed E-state index contributed by atoms with van der Waals surface area (Å²) >= 11 is 5.88. The normalized spacial score (nSPS) is 28.3. The highest BCUT2D eigenvalue weighted by atomic mass is 35.5. The highest BCUT2D eigenvalue weighted by Gasteiger charge is 2.27. The van der Waals surface area contributed by atoms with Gasteiger partial charge in [-0.1, -0.05) is 23.7 Å². The summed E-state index contributed by atoms with van der Waals surface area (Å²) in [5.74, 6) is 0. The lowest BCUT2D eigenvalue weighted by atomic mass is 10.1. The largest absolute Gasteiger partial charge is 0.385 e. The average molecular weight is 329 g/mol. The van der Waals surface area contributed by atoms with Crippen molar-refractivity contribution in [2.75, 3.05) is 26.2 Å². The summed E-state index contributed by atoms with van der Waals surface area (Å²) in [4.78, 5) is 1.38. The Hall–Kier alpha value is -0.650. The number of hydrogen-bond acceptors (Lipinski definition) is 3. The molecule has 124 valence electrons. The number of aliphatic hydroxyl groups is 1. The maximum absolute atomic E-state index is 10.2. The molecule has 1 fully saturated rings. The summed E-state index contributed by atoms with van der Waals surface area (Å²) in [7, 11) is 0. The Kier molecular flexibility index (Phi) is 6.66. The molecule has 4 nitrogen and oxygen atoms in total. The Balaban J connectivity index is 1.75. The molecule has 22 heavy (non-hydrogen) atoms. The number of morpholine rings is 1. The Morgan fingerprint density at radius 3 is 2.45 bits per heavy atom. The maximum Gasteiger partial charge on any atom is 0.126 e. The quantitative estimate of drug-likeness (QED) is 0.831. The van der Waals surface area contributed by atoms with E-state index in [1.54, 1.807) is 0 Å². The highest BCUT2D eigenvalue weighted by molar-refractivity contribution is 6.30. The van der Waals surface area contributed by atoms with Crippen molar-refractivity contribution in [3.63, 3.8) is 0 Å². The second kappa shape index (κ2) is 8.27. The van der Waals surface area contributed by atoms with Crippen LogP contribution in [0.2, 0.25) is 5.02 Å². The predicted octanol–water partition coefficient (Wildman–Crippen LogP) is 1.47. The molecule has 1 aliphatic rings. The van der Waals surface area contributed by atoms with Gasteiger partial charge in [0.15, 0.2) is 0 Å². The average Bonchev–Trinajstić information content (AvgIpc) is 2.44. The third-order valence-corrected chi connectivity index (χ3v) is 4.27. The zero-order valence-corrected chi connectivity index (χ0v) is 14.3. The van der Waals surface area contributed by atoms with Crippen LogP contribution in [0.5, 0.6) is 0 Å². The van der Waals surface area contributed by atoms with Gasteiger partial charge in [-0.3, -0.25) is 0 Å². The number of aliphatic hydroxyl groups excluding tert-OH is 1. The van der Waals surface area contributed by atoms with Crippen LogP contribution >= 0.6 is 11.6 Å². The van der Waals surface area contributed by atoms with Gasteiger partial charge < -0.3 is 19.5 Å². The van der Waals surface area contributed by atoms with E-state index < -0.39 is 6.10 Å². The molecule has 0 aromatic heterocycles. The van der Waals surface area contributed by atoms with Crippen molar-refractivity contribution in [3.8, 4) is 0 Å². The highest BCUT2D eigenvalue weighted by Crippen LogP contribution is 2.19. The number of halogens is 1. The Morgan fingerprint density at radius 2 is 1.86 bits per heavy atom. The zero-order valence-electron chi connectivity index (χ0n) is 13.6. The van der Waals surface area contributed by atoms with Crippen LogP contribution in [0.1, 0.15) is 32.4 Å². The summed E-state index contributed by atoms with van der Waals surface area (Å²) < 4.78 is 11.5. The second-order valence-corrected chi connectivity index (χ2v) is 6.74. The van der Waals surface area contributed by atoms with E-state index in [1.165, 1.54) is 4.90 Å². The Bertz CT molecular complexity index is 444. The van der Waals surface area contributed by atoms with Crippen molar-refractivity contribution in [2.45, 2.75) is 45.2 Å². The van der Waals surface area contributed by atoms with E-state index in [-0.39, 0.29) is 18.3 Å². The molecule has 0 bridgehead atoms. The van der Waals surface area contributed by atoms with Crippen LogP contribution in [0.15, 0.2) is 24.3 Å². The van der Waals surface area contributed by atoms with Gasteiger partial charge in [-0.25, -0.2) is 0 Å². The van der Waals surface area contributed by atoms with Gasteiger partial charge in [0.05, 0.1) is 12.7 Å². The molecule has 0 saturated carbocycles. The van der Waals surface area contributed by atoms with E-state index in [9.17, 15) is 5.11 Å². The molecule has 2 N–H and O–H groups in total. The fourth-order valence-electron chi connectivity index (χ4n) is 3.03. The van der Waals surface area contributed by atoms with E-state index in [1.807, 2.05) is 31.2 Å². The number of quaternary nitrogens is 1. The van der Waals surface area contributed by atoms with E-state index in [4.69, 9.17) is 21.1 Å². The third-order valence-electron chi connectivity index (χ3n) is 4.02. The van der Waals surface area contributed by atoms with E-state index in [2.05, 4.69) is 13.8 Å². The van der Waals surface area contributed by atoms with Crippen molar-refractivity contribution in [1.82, 2.24) is 0 Å². The molecule has 4 atom stereocenters. The summed E-state index contributed by atoms with van der Waals surface area (Å²) in [6, 6.07) is 7.62. The molecule has 0 unspecified atom stereocenters. The molecule has 1 aromatic rings. The molecule has 0 radical (unpaired) electrons. The second-order valence-electron chi connectivity index (χ2n) is 6.30. The van der Waals surface area contributed by atoms with Crippen LogP contribution in [-0.2, 0) is 9.47 Å². The van der Waals surface area contributed by atoms with Crippen molar-refractivity contribution < 1.29 is 19.5 Å². The van der Waals surface area contributed by atoms with E-state index in [0.29, 0.717) is 13.2 Å². The van der Waals surface area contributed by atoms with Crippen LogP contribution < -0.4 is 4.90 Å². The van der Waals surface area contributed by atoms with Crippen molar-refractivity contribution in [1.29, 1.82) is 0 Å². The maximum atomic E-state index is 10.2. The molecule has 1 aromatic carbocycles. The smallest absolute Gasteiger partial charge is 0.126 e. The van der Waals surface area contributed by atoms with Gasteiger partial charge in [0, 0.05) is 5.02 Å². The Morgan fingerprint density at radius 1 is 1.27 bits per heavy atom. The standard InChI is InChI=1S/C17H26ClNO3/c1-12-8-19(9-13(2)22-12)10-17(20)11-21-14(3)15-4-6-16(18)7-5-15/h4-7,12-14,17,20H,8-11H2,1-3H3/p+1/t12-,13-,14+,17+/m1/s1. The number of nitrogens with one attached hydrogen (secondary N) is 1. The van der Waals surface area contributed by atoms with Gasteiger partial charge >= 0.3 is 0 Å². The number of rotatable bonds is 6. The van der Waals surface area contributed by atoms with Gasteiger partial charge in [0.2, 0.25) is 0 Å². The molecule has 0 amide bonds. The first-order valence-corrected chi connectivity index (χ1v) is 8.36. The van der Waals surface area contributed by atoms with E-state index in [0.717, 1.165) is 23.7 Å². The predicted molar refractivity (Wildman–Crippen MR) is 87.4 cm³/mol. The van der Waals surface area contributed by atoms with E-state index >= 15 is 0 Å². The SMILES string of the molecule is C[C@@H]1C[NH+](C[C@H](O)CO[C@@H](C)c2ccc(Cl)cc2)C[C@@H](C)O1. The molecule has 0 spiro atoms. The fraction of sp³-hybridized carbons (Fsp3) is 0.647. The molecule has 1 heterocycles. The first-order valence-electron chi connectivity index (χ1n) is 7.98. The van der Waals surface area contributed by atoms with Gasteiger partial charge in [-0.05, 0) is 38.5 Å². The molecular formula is C17H27ClNO3+. The minimum absolute atomic E-state index is 0.0514. The van der Waals surface area contributed by atoms with Gasteiger partial charge in [0.1, 0.15) is 37.9 Å². The number of benzene rings is 1. The van der Waals surface area contributed by atoms with Gasteiger partial charge in [-0.15, -0.1) is 0 Å². The van der Waals surface area contributed by atoms with Crippen LogP contribution in [-0.4, -0.2) is 49.7 Å². The van der Waals surface area contributed by atoms with Gasteiger partial charge in [-0.2, -0.15) is 0 Å². The zero-order chi connectivity index (χ0) is 16.1. The van der Waals surface area contributed by atoms with Crippen molar-refractivity contribution >= 4 is 11.6 Å². The monoisotopic (exact) mass is 328 g/mol. The lowest BCUT2D eigenvalue weighted by Gasteiger charge is -2.33. The summed E-state index contributed by atoms with van der Waals surface area (Å²) in [6.07, 6.45) is -0.00794. The summed E-state index contributed by atoms with van der Waals surface area (Å²) in [6.45, 7) is 9.08. The van der Waals surface area contributed by atoms with Gasteiger partial charge in [0.25, 0.3) is 0 Å². The van der Waals surface area contributed by atoms with Crippen molar-refractivity contribution in [3.05, 3.63) is 34.9 Å². The first-order chi connectivity index (χ1) is 10.4. The van der Waals surface area contributed by atoms with Crippen LogP contribution in [0, 0.1) is 0 Å². The molecule has 2 rings (SSSR count). The molecule has 1 saturated heterocycles. The Labute approximate surface area is 138 Å². The summed E-state index contributed by atoms with van der Waals surface area (Å²) in [5.41, 5.74) is 1.07. The lowest BCUT2D eigenvalue weighted by molar-refractivity contribution is -0.918. The number of ether oxygens (including phenoxy) is 2. The molecule has 0 aliphatic carbocycles. The number of hydrogen-bond donors (Lipinski definition) is 2. The van der Waals surface area contributed by atoms with Crippen molar-refractivity contribution in [2.24, 2.45) is 0 Å². The van der Waals surface area contributed by atoms with Crippen LogP contribution in [0.3, 0.4) is 0 Å². The third kappa shape index (κ3) is 5.52. The lowest BCUT2D eigenvalue weighted by Crippen LogP contribution is -3.16. The summed E-state index contributed by atoms with van der Waals surface area (Å²) in [5, 5.41) is 10.9. The fourth-order valence-corrected chi connectivity index (χ4v) is 3.16. The minimum Gasteiger partial charge on any atom is -0.385 e. The minimum atomic E-state index is -0.456. The molecular weight excluding hydrogens is 302 g/mol.